The van der Waals surface area contributed by atoms with Crippen LogP contribution in [-0.4, -0.2) is 33.4 Å². The Morgan fingerprint density at radius 3 is 2.13 bits per heavy atom. The van der Waals surface area contributed by atoms with Crippen LogP contribution in [0.2, 0.25) is 0 Å². The van der Waals surface area contributed by atoms with Gasteiger partial charge in [0, 0.05) is 6.42 Å². The van der Waals surface area contributed by atoms with Crippen LogP contribution >= 0.6 is 0 Å². The number of hydrogen-bond donors (Lipinski definition) is 3. The first-order valence-corrected chi connectivity index (χ1v) is 5.06. The molecule has 0 fully saturated rings. The van der Waals surface area contributed by atoms with Crippen molar-refractivity contribution in [3.63, 3.8) is 0 Å². The molecule has 3 N–H and O–H groups in total. The predicted octanol–water partition coefficient (Wildman–Crippen LogP) is 1.10. The minimum atomic E-state index is -0.916. The van der Waals surface area contributed by atoms with Crippen molar-refractivity contribution >= 4 is 11.9 Å². The zero-order chi connectivity index (χ0) is 11.8. The molecule has 0 aliphatic heterocycles. The van der Waals surface area contributed by atoms with E-state index < -0.39 is 24.0 Å². The molecular weight excluding hydrogens is 200 g/mol. The molecule has 2 atom stereocenters. The third-order valence-corrected chi connectivity index (χ3v) is 2.23. The van der Waals surface area contributed by atoms with Crippen LogP contribution in [0, 0.1) is 5.92 Å². The van der Waals surface area contributed by atoms with E-state index in [4.69, 9.17) is 15.3 Å². The highest BCUT2D eigenvalue weighted by atomic mass is 16.4. The van der Waals surface area contributed by atoms with E-state index in [-0.39, 0.29) is 6.42 Å². The average molecular weight is 218 g/mol. The quantitative estimate of drug-likeness (QED) is 0.567. The fraction of sp³-hybridized carbons (Fsp3) is 0.800. The molecule has 0 saturated heterocycles. The van der Waals surface area contributed by atoms with E-state index in [0.717, 1.165) is 0 Å². The van der Waals surface area contributed by atoms with E-state index >= 15 is 0 Å². The van der Waals surface area contributed by atoms with Crippen molar-refractivity contribution in [1.29, 1.82) is 0 Å². The number of rotatable bonds is 8. The lowest BCUT2D eigenvalue weighted by molar-refractivity contribution is -0.143. The molecule has 0 saturated carbocycles. The van der Waals surface area contributed by atoms with Crippen molar-refractivity contribution < 1.29 is 24.9 Å². The van der Waals surface area contributed by atoms with E-state index in [9.17, 15) is 9.59 Å². The van der Waals surface area contributed by atoms with E-state index in [2.05, 4.69) is 0 Å². The van der Waals surface area contributed by atoms with Gasteiger partial charge < -0.3 is 15.3 Å². The lowest BCUT2D eigenvalue weighted by atomic mass is 9.95. The first-order chi connectivity index (χ1) is 6.93. The summed E-state index contributed by atoms with van der Waals surface area (Å²) in [5.41, 5.74) is 0. The van der Waals surface area contributed by atoms with Gasteiger partial charge in [0.15, 0.2) is 0 Å². The van der Waals surface area contributed by atoms with Crippen molar-refractivity contribution in [3.05, 3.63) is 0 Å². The van der Waals surface area contributed by atoms with E-state index in [1.165, 1.54) is 0 Å². The molecule has 0 rings (SSSR count). The minimum absolute atomic E-state index is 0.00153. The highest BCUT2D eigenvalue weighted by Crippen LogP contribution is 2.16. The first-order valence-electron chi connectivity index (χ1n) is 5.06. The lowest BCUT2D eigenvalue weighted by Crippen LogP contribution is -2.16. The molecule has 5 nitrogen and oxygen atoms in total. The zero-order valence-corrected chi connectivity index (χ0v) is 8.85. The van der Waals surface area contributed by atoms with Gasteiger partial charge in [-0.15, -0.1) is 0 Å². The van der Waals surface area contributed by atoms with Gasteiger partial charge >= 0.3 is 11.9 Å². The number of carboxylic acids is 2. The van der Waals surface area contributed by atoms with Gasteiger partial charge in [-0.25, -0.2) is 0 Å². The second-order valence-electron chi connectivity index (χ2n) is 3.75. The molecule has 0 aromatic rings. The first kappa shape index (κ1) is 13.9. The SMILES string of the molecule is CC(O)CCC(CCCC(=O)O)C(=O)O. The summed E-state index contributed by atoms with van der Waals surface area (Å²) in [5, 5.41) is 26.2. The summed E-state index contributed by atoms with van der Waals surface area (Å²) in [6, 6.07) is 0. The second kappa shape index (κ2) is 7.23. The van der Waals surface area contributed by atoms with Crippen LogP contribution in [0.4, 0.5) is 0 Å². The monoisotopic (exact) mass is 218 g/mol. The Morgan fingerprint density at radius 1 is 1.13 bits per heavy atom. The topological polar surface area (TPSA) is 94.8 Å². The number of hydrogen-bond acceptors (Lipinski definition) is 3. The van der Waals surface area contributed by atoms with E-state index in [0.29, 0.717) is 25.7 Å². The predicted molar refractivity (Wildman–Crippen MR) is 53.5 cm³/mol. The molecule has 5 heteroatoms. The van der Waals surface area contributed by atoms with Gasteiger partial charge in [-0.3, -0.25) is 9.59 Å². The number of aliphatic hydroxyl groups is 1. The molecule has 0 aliphatic rings. The Bertz CT molecular complexity index is 212. The molecule has 0 heterocycles. The van der Waals surface area contributed by atoms with Crippen LogP contribution in [-0.2, 0) is 9.59 Å². The largest absolute Gasteiger partial charge is 0.481 e. The molecule has 0 radical (unpaired) electrons. The van der Waals surface area contributed by atoms with Crippen molar-refractivity contribution in [1.82, 2.24) is 0 Å². The second-order valence-corrected chi connectivity index (χ2v) is 3.75. The van der Waals surface area contributed by atoms with Crippen LogP contribution in [0.25, 0.3) is 0 Å². The molecule has 0 amide bonds. The normalized spacial score (nSPS) is 14.5. The van der Waals surface area contributed by atoms with Crippen molar-refractivity contribution in [2.24, 2.45) is 5.92 Å². The molecule has 2 unspecified atom stereocenters. The maximum absolute atomic E-state index is 10.8. The maximum atomic E-state index is 10.8. The molecule has 88 valence electrons. The summed E-state index contributed by atoms with van der Waals surface area (Å²) in [5.74, 6) is -2.37. The van der Waals surface area contributed by atoms with Gasteiger partial charge in [-0.1, -0.05) is 0 Å². The average Bonchev–Trinajstić information content (AvgIpc) is 2.09. The lowest BCUT2D eigenvalue weighted by Gasteiger charge is -2.12. The van der Waals surface area contributed by atoms with Crippen LogP contribution in [0.1, 0.15) is 39.0 Å². The van der Waals surface area contributed by atoms with Gasteiger partial charge in [0.1, 0.15) is 0 Å². The van der Waals surface area contributed by atoms with E-state index in [1.54, 1.807) is 6.92 Å². The van der Waals surface area contributed by atoms with Crippen molar-refractivity contribution in [3.8, 4) is 0 Å². The Hall–Kier alpha value is -1.10. The molecule has 0 spiro atoms. The number of aliphatic hydroxyl groups excluding tert-OH is 1. The molecule has 0 aromatic carbocycles. The molecule has 0 bridgehead atoms. The molecule has 15 heavy (non-hydrogen) atoms. The van der Waals surface area contributed by atoms with Crippen LogP contribution < -0.4 is 0 Å². The number of carboxylic acid groups (broad SMARTS) is 2. The fourth-order valence-corrected chi connectivity index (χ4v) is 1.33. The molecular formula is C10H18O5. The Morgan fingerprint density at radius 2 is 1.73 bits per heavy atom. The third-order valence-electron chi connectivity index (χ3n) is 2.23. The Labute approximate surface area is 88.7 Å². The maximum Gasteiger partial charge on any atom is 0.306 e. The van der Waals surface area contributed by atoms with Gasteiger partial charge in [-0.05, 0) is 32.6 Å². The fourth-order valence-electron chi connectivity index (χ4n) is 1.33. The summed E-state index contributed by atoms with van der Waals surface area (Å²) in [7, 11) is 0. The van der Waals surface area contributed by atoms with Gasteiger partial charge in [0.2, 0.25) is 0 Å². The summed E-state index contributed by atoms with van der Waals surface area (Å²) < 4.78 is 0. The third kappa shape index (κ3) is 7.93. The van der Waals surface area contributed by atoms with Gasteiger partial charge in [0.25, 0.3) is 0 Å². The zero-order valence-electron chi connectivity index (χ0n) is 8.85. The van der Waals surface area contributed by atoms with Crippen LogP contribution in [0.3, 0.4) is 0 Å². The number of aliphatic carboxylic acids is 2. The summed E-state index contributed by atoms with van der Waals surface area (Å²) >= 11 is 0. The van der Waals surface area contributed by atoms with Crippen LogP contribution in [0.15, 0.2) is 0 Å². The molecule has 0 aromatic heterocycles. The standard InChI is InChI=1S/C10H18O5/c1-7(11)5-6-8(10(14)15)3-2-4-9(12)13/h7-8,11H,2-6H2,1H3,(H,12,13)(H,14,15). The summed E-state index contributed by atoms with van der Waals surface area (Å²) in [6.45, 7) is 1.61. The highest BCUT2D eigenvalue weighted by molar-refractivity contribution is 5.70. The summed E-state index contributed by atoms with van der Waals surface area (Å²) in [6.07, 6.45) is 1.04. The van der Waals surface area contributed by atoms with Crippen molar-refractivity contribution in [2.45, 2.75) is 45.1 Å². The Kier molecular flexibility index (Phi) is 6.70. The number of carbonyl (C=O) groups is 2. The highest BCUT2D eigenvalue weighted by Gasteiger charge is 2.17. The van der Waals surface area contributed by atoms with Gasteiger partial charge in [0.05, 0.1) is 12.0 Å². The van der Waals surface area contributed by atoms with Crippen molar-refractivity contribution in [2.75, 3.05) is 0 Å². The Balaban J connectivity index is 3.83. The van der Waals surface area contributed by atoms with E-state index in [1.807, 2.05) is 0 Å². The van der Waals surface area contributed by atoms with Crippen LogP contribution in [0.5, 0.6) is 0 Å². The molecule has 0 aliphatic carbocycles. The smallest absolute Gasteiger partial charge is 0.306 e. The minimum Gasteiger partial charge on any atom is -0.481 e. The summed E-state index contributed by atoms with van der Waals surface area (Å²) in [4.78, 5) is 21.0. The van der Waals surface area contributed by atoms with Gasteiger partial charge in [-0.2, -0.15) is 0 Å².